The largest absolute Gasteiger partial charge is 0.466 e. The van der Waals surface area contributed by atoms with Gasteiger partial charge in [-0.15, -0.1) is 0 Å². The van der Waals surface area contributed by atoms with Gasteiger partial charge in [0.15, 0.2) is 0 Å². The standard InChI is InChI=1S/C24H33N3O3/c1-6-30-24(29)18-11-10-14-26(15-18)23(28)20-21(16(2)3)25-27(22(20)17(4)5)19-12-8-7-9-13-19/h7-9,12-13,16-18H,6,10-11,14-15H2,1-5H3/t18-/m1/s1. The normalized spacial score (nSPS) is 16.9. The molecule has 0 aliphatic carbocycles. The molecule has 0 radical (unpaired) electrons. The molecule has 1 aromatic carbocycles. The maximum atomic E-state index is 13.7. The van der Waals surface area contributed by atoms with Crippen LogP contribution in [0.4, 0.5) is 0 Å². The van der Waals surface area contributed by atoms with Crippen molar-refractivity contribution < 1.29 is 14.3 Å². The molecule has 0 spiro atoms. The van der Waals surface area contributed by atoms with Crippen molar-refractivity contribution in [1.29, 1.82) is 0 Å². The summed E-state index contributed by atoms with van der Waals surface area (Å²) in [5.74, 6) is -0.259. The van der Waals surface area contributed by atoms with Crippen molar-refractivity contribution in [3.63, 3.8) is 0 Å². The number of amides is 1. The van der Waals surface area contributed by atoms with Crippen LogP contribution in [0.3, 0.4) is 0 Å². The Bertz CT molecular complexity index is 887. The van der Waals surface area contributed by atoms with E-state index in [9.17, 15) is 9.59 Å². The first-order valence-electron chi connectivity index (χ1n) is 11.0. The number of hydrogen-bond acceptors (Lipinski definition) is 4. The summed E-state index contributed by atoms with van der Waals surface area (Å²) in [5.41, 5.74) is 3.37. The zero-order chi connectivity index (χ0) is 21.8. The Morgan fingerprint density at radius 3 is 2.43 bits per heavy atom. The van der Waals surface area contributed by atoms with Gasteiger partial charge in [-0.25, -0.2) is 4.68 Å². The lowest BCUT2D eigenvalue weighted by Gasteiger charge is -2.32. The first-order chi connectivity index (χ1) is 14.3. The Balaban J connectivity index is 2.02. The second-order valence-corrected chi connectivity index (χ2v) is 8.54. The smallest absolute Gasteiger partial charge is 0.310 e. The van der Waals surface area contributed by atoms with Gasteiger partial charge >= 0.3 is 5.97 Å². The summed E-state index contributed by atoms with van der Waals surface area (Å²) in [7, 11) is 0. The first kappa shape index (κ1) is 22.1. The van der Waals surface area contributed by atoms with Crippen molar-refractivity contribution in [3.8, 4) is 5.69 Å². The van der Waals surface area contributed by atoms with Crippen molar-refractivity contribution in [2.24, 2.45) is 5.92 Å². The summed E-state index contributed by atoms with van der Waals surface area (Å²) in [6, 6.07) is 9.95. The Hall–Kier alpha value is -2.63. The third kappa shape index (κ3) is 4.42. The van der Waals surface area contributed by atoms with Crippen LogP contribution in [-0.4, -0.2) is 46.3 Å². The maximum Gasteiger partial charge on any atom is 0.310 e. The molecule has 3 rings (SSSR count). The van der Waals surface area contributed by atoms with Crippen LogP contribution in [0, 0.1) is 5.92 Å². The third-order valence-electron chi connectivity index (χ3n) is 5.59. The number of esters is 1. The Morgan fingerprint density at radius 2 is 1.83 bits per heavy atom. The van der Waals surface area contributed by atoms with E-state index in [-0.39, 0.29) is 29.6 Å². The SMILES string of the molecule is CCOC(=O)[C@@H]1CCCN(C(=O)c2c(C(C)C)nn(-c3ccccc3)c2C(C)C)C1. The summed E-state index contributed by atoms with van der Waals surface area (Å²) < 4.78 is 7.12. The van der Waals surface area contributed by atoms with E-state index in [0.717, 1.165) is 29.9 Å². The van der Waals surface area contributed by atoms with Crippen LogP contribution in [0.15, 0.2) is 30.3 Å². The summed E-state index contributed by atoms with van der Waals surface area (Å²) in [4.78, 5) is 27.8. The molecule has 1 saturated heterocycles. The summed E-state index contributed by atoms with van der Waals surface area (Å²) in [5, 5.41) is 4.88. The van der Waals surface area contributed by atoms with Gasteiger partial charge < -0.3 is 9.64 Å². The fourth-order valence-electron chi connectivity index (χ4n) is 4.14. The number of carbonyl (C=O) groups is 2. The fourth-order valence-corrected chi connectivity index (χ4v) is 4.14. The van der Waals surface area contributed by atoms with E-state index in [1.165, 1.54) is 0 Å². The zero-order valence-corrected chi connectivity index (χ0v) is 18.7. The molecular formula is C24H33N3O3. The van der Waals surface area contributed by atoms with Crippen LogP contribution in [0.25, 0.3) is 5.69 Å². The van der Waals surface area contributed by atoms with Gasteiger partial charge in [-0.2, -0.15) is 5.10 Å². The quantitative estimate of drug-likeness (QED) is 0.655. The van der Waals surface area contributed by atoms with E-state index in [1.54, 1.807) is 0 Å². The van der Waals surface area contributed by atoms with E-state index in [2.05, 4.69) is 27.7 Å². The lowest BCUT2D eigenvalue weighted by molar-refractivity contribution is -0.149. The van der Waals surface area contributed by atoms with Crippen LogP contribution >= 0.6 is 0 Å². The number of likely N-dealkylation sites (tertiary alicyclic amines) is 1. The molecule has 1 aromatic heterocycles. The molecule has 0 bridgehead atoms. The van der Waals surface area contributed by atoms with Crippen molar-refractivity contribution in [1.82, 2.24) is 14.7 Å². The number of aromatic nitrogens is 2. The number of benzene rings is 1. The highest BCUT2D eigenvalue weighted by Gasteiger charge is 2.34. The van der Waals surface area contributed by atoms with Gasteiger partial charge in [0.05, 0.1) is 35.2 Å². The van der Waals surface area contributed by atoms with Crippen molar-refractivity contribution >= 4 is 11.9 Å². The number of para-hydroxylation sites is 1. The molecule has 0 unspecified atom stereocenters. The van der Waals surface area contributed by atoms with Gasteiger partial charge in [0.1, 0.15) is 0 Å². The number of rotatable bonds is 6. The lowest BCUT2D eigenvalue weighted by atomic mass is 9.94. The van der Waals surface area contributed by atoms with Gasteiger partial charge in [0, 0.05) is 13.1 Å². The molecule has 6 heteroatoms. The van der Waals surface area contributed by atoms with Crippen LogP contribution in [-0.2, 0) is 9.53 Å². The third-order valence-corrected chi connectivity index (χ3v) is 5.59. The van der Waals surface area contributed by atoms with Gasteiger partial charge in [0.2, 0.25) is 0 Å². The molecule has 1 atom stereocenters. The van der Waals surface area contributed by atoms with Crippen LogP contribution < -0.4 is 0 Å². The highest BCUT2D eigenvalue weighted by Crippen LogP contribution is 2.32. The van der Waals surface area contributed by atoms with E-state index in [4.69, 9.17) is 9.84 Å². The molecular weight excluding hydrogens is 378 g/mol. The van der Waals surface area contributed by atoms with Crippen LogP contribution in [0.2, 0.25) is 0 Å². The van der Waals surface area contributed by atoms with Gasteiger partial charge in [0.25, 0.3) is 5.91 Å². The van der Waals surface area contributed by atoms with Crippen molar-refractivity contribution in [2.45, 2.75) is 59.3 Å². The number of nitrogens with zero attached hydrogens (tertiary/aromatic N) is 3. The summed E-state index contributed by atoms with van der Waals surface area (Å²) >= 11 is 0. The second kappa shape index (κ2) is 9.45. The topological polar surface area (TPSA) is 64.4 Å². The van der Waals surface area contributed by atoms with Crippen LogP contribution in [0.1, 0.15) is 81.0 Å². The van der Waals surface area contributed by atoms with Crippen LogP contribution in [0.5, 0.6) is 0 Å². The monoisotopic (exact) mass is 411 g/mol. The molecule has 30 heavy (non-hydrogen) atoms. The van der Waals surface area contributed by atoms with Gasteiger partial charge in [-0.3, -0.25) is 9.59 Å². The minimum Gasteiger partial charge on any atom is -0.466 e. The molecule has 2 aromatic rings. The number of hydrogen-bond donors (Lipinski definition) is 0. The van der Waals surface area contributed by atoms with Crippen molar-refractivity contribution in [2.75, 3.05) is 19.7 Å². The molecule has 0 N–H and O–H groups in total. The van der Waals surface area contributed by atoms with E-state index >= 15 is 0 Å². The molecule has 1 fully saturated rings. The minimum atomic E-state index is -0.253. The zero-order valence-electron chi connectivity index (χ0n) is 18.7. The maximum absolute atomic E-state index is 13.7. The Labute approximate surface area is 179 Å². The summed E-state index contributed by atoms with van der Waals surface area (Å²) in [6.45, 7) is 11.5. The average molecular weight is 412 g/mol. The van der Waals surface area contributed by atoms with E-state index in [0.29, 0.717) is 25.3 Å². The Kier molecular flexibility index (Phi) is 6.95. The number of piperidine rings is 1. The van der Waals surface area contributed by atoms with Crippen molar-refractivity contribution in [3.05, 3.63) is 47.3 Å². The van der Waals surface area contributed by atoms with E-state index < -0.39 is 0 Å². The molecule has 1 aliphatic rings. The average Bonchev–Trinajstić information content (AvgIpc) is 3.15. The molecule has 0 saturated carbocycles. The summed E-state index contributed by atoms with van der Waals surface area (Å²) in [6.07, 6.45) is 1.57. The van der Waals surface area contributed by atoms with Gasteiger partial charge in [-0.05, 0) is 43.7 Å². The van der Waals surface area contributed by atoms with E-state index in [1.807, 2.05) is 46.8 Å². The highest BCUT2D eigenvalue weighted by molar-refractivity contribution is 5.97. The van der Waals surface area contributed by atoms with Gasteiger partial charge in [-0.1, -0.05) is 45.9 Å². The molecule has 162 valence electrons. The predicted molar refractivity (Wildman–Crippen MR) is 117 cm³/mol. The lowest BCUT2D eigenvalue weighted by Crippen LogP contribution is -2.43. The minimum absolute atomic E-state index is 0.0291. The first-order valence-corrected chi connectivity index (χ1v) is 11.0. The fraction of sp³-hybridized carbons (Fsp3) is 0.542. The second-order valence-electron chi connectivity index (χ2n) is 8.54. The Morgan fingerprint density at radius 1 is 1.13 bits per heavy atom. The molecule has 1 amide bonds. The number of ether oxygens (including phenoxy) is 1. The molecule has 1 aliphatic heterocycles. The molecule has 6 nitrogen and oxygen atoms in total. The number of carbonyl (C=O) groups excluding carboxylic acids is 2. The predicted octanol–water partition coefficient (Wildman–Crippen LogP) is 4.53. The molecule has 2 heterocycles. The highest BCUT2D eigenvalue weighted by atomic mass is 16.5.